The van der Waals surface area contributed by atoms with Crippen molar-refractivity contribution in [1.29, 1.82) is 0 Å². The molecule has 1 unspecified atom stereocenters. The highest BCUT2D eigenvalue weighted by Gasteiger charge is 2.32. The molecule has 0 radical (unpaired) electrons. The van der Waals surface area contributed by atoms with Crippen molar-refractivity contribution in [3.63, 3.8) is 0 Å². The summed E-state index contributed by atoms with van der Waals surface area (Å²) in [5, 5.41) is 0.584. The van der Waals surface area contributed by atoms with E-state index < -0.39 is 0 Å². The summed E-state index contributed by atoms with van der Waals surface area (Å²) < 4.78 is 10.8. The number of ketones is 1. The summed E-state index contributed by atoms with van der Waals surface area (Å²) in [6.45, 7) is 0.688. The first kappa shape index (κ1) is 20.2. The number of likely N-dealkylation sites (tertiary alicyclic amines) is 1. The van der Waals surface area contributed by atoms with Crippen LogP contribution in [0.1, 0.15) is 47.6 Å². The third-order valence-corrected chi connectivity index (χ3v) is 5.36. The number of hydrogen-bond acceptors (Lipinski definition) is 4. The minimum atomic E-state index is -0.0530. The Morgan fingerprint density at radius 2 is 1.82 bits per heavy atom. The number of amides is 1. The Bertz CT molecular complexity index is 850. The molecular formula is C22H24ClNO4. The van der Waals surface area contributed by atoms with Crippen LogP contribution in [0.4, 0.5) is 0 Å². The molecule has 0 spiro atoms. The monoisotopic (exact) mass is 401 g/mol. The molecule has 0 aromatic heterocycles. The smallest absolute Gasteiger partial charge is 0.223 e. The predicted molar refractivity (Wildman–Crippen MR) is 108 cm³/mol. The molecule has 1 saturated heterocycles. The average Bonchev–Trinajstić information content (AvgIpc) is 3.21. The van der Waals surface area contributed by atoms with Gasteiger partial charge in [-0.1, -0.05) is 11.6 Å². The molecule has 1 aliphatic heterocycles. The summed E-state index contributed by atoms with van der Waals surface area (Å²) in [6.07, 6.45) is 2.18. The predicted octanol–water partition coefficient (Wildman–Crippen LogP) is 4.68. The van der Waals surface area contributed by atoms with E-state index >= 15 is 0 Å². The SMILES string of the molecule is COc1ccc(C2CCCN2C(=O)CCC(=O)c2ccc(Cl)cc2)c(OC)c1. The van der Waals surface area contributed by atoms with E-state index in [1.807, 2.05) is 23.1 Å². The van der Waals surface area contributed by atoms with Crippen LogP contribution in [0.5, 0.6) is 11.5 Å². The minimum absolute atomic E-state index is 0.0114. The Morgan fingerprint density at radius 1 is 1.07 bits per heavy atom. The Hall–Kier alpha value is -2.53. The molecule has 0 aliphatic carbocycles. The van der Waals surface area contributed by atoms with Crippen LogP contribution >= 0.6 is 11.6 Å². The fraction of sp³-hybridized carbons (Fsp3) is 0.364. The molecule has 0 bridgehead atoms. The summed E-state index contributed by atoms with van der Waals surface area (Å²) in [5.74, 6) is 1.36. The quantitative estimate of drug-likeness (QED) is 0.632. The molecule has 148 valence electrons. The van der Waals surface area contributed by atoms with Crippen molar-refractivity contribution in [2.75, 3.05) is 20.8 Å². The van der Waals surface area contributed by atoms with Gasteiger partial charge in [-0.2, -0.15) is 0 Å². The highest BCUT2D eigenvalue weighted by Crippen LogP contribution is 2.39. The Labute approximate surface area is 170 Å². The normalized spacial score (nSPS) is 16.1. The standard InChI is InChI=1S/C22H24ClNO4/c1-27-17-9-10-18(21(14-17)28-2)19-4-3-13-24(19)22(26)12-11-20(25)15-5-7-16(23)8-6-15/h5-10,14,19H,3-4,11-13H2,1-2H3. The molecule has 1 heterocycles. The first-order valence-electron chi connectivity index (χ1n) is 9.33. The summed E-state index contributed by atoms with van der Waals surface area (Å²) >= 11 is 5.86. The number of benzene rings is 2. The second-order valence-corrected chi connectivity index (χ2v) is 7.22. The number of carbonyl (C=O) groups excluding carboxylic acids is 2. The van der Waals surface area contributed by atoms with Crippen LogP contribution in [0.25, 0.3) is 0 Å². The second kappa shape index (κ2) is 9.11. The zero-order chi connectivity index (χ0) is 20.1. The van der Waals surface area contributed by atoms with E-state index in [-0.39, 0.29) is 30.6 Å². The van der Waals surface area contributed by atoms with Crippen LogP contribution in [-0.4, -0.2) is 37.4 Å². The van der Waals surface area contributed by atoms with Crippen molar-refractivity contribution in [2.45, 2.75) is 31.7 Å². The molecule has 6 heteroatoms. The topological polar surface area (TPSA) is 55.8 Å². The maximum absolute atomic E-state index is 12.8. The molecule has 0 N–H and O–H groups in total. The maximum atomic E-state index is 12.8. The first-order chi connectivity index (χ1) is 13.5. The van der Waals surface area contributed by atoms with Gasteiger partial charge >= 0.3 is 0 Å². The van der Waals surface area contributed by atoms with Crippen molar-refractivity contribution in [2.24, 2.45) is 0 Å². The van der Waals surface area contributed by atoms with E-state index in [1.165, 1.54) is 0 Å². The summed E-state index contributed by atoms with van der Waals surface area (Å²) in [6, 6.07) is 12.4. The number of ether oxygens (including phenoxy) is 2. The molecule has 2 aromatic rings. The number of nitrogens with zero attached hydrogens (tertiary/aromatic N) is 1. The van der Waals surface area contributed by atoms with E-state index in [4.69, 9.17) is 21.1 Å². The molecule has 28 heavy (non-hydrogen) atoms. The number of methoxy groups -OCH3 is 2. The third-order valence-electron chi connectivity index (χ3n) is 5.10. The highest BCUT2D eigenvalue weighted by molar-refractivity contribution is 6.30. The van der Waals surface area contributed by atoms with Crippen LogP contribution in [-0.2, 0) is 4.79 Å². The van der Waals surface area contributed by atoms with E-state index in [2.05, 4.69) is 0 Å². The maximum Gasteiger partial charge on any atom is 0.223 e. The summed E-state index contributed by atoms with van der Waals surface area (Å²) in [4.78, 5) is 27.0. The highest BCUT2D eigenvalue weighted by atomic mass is 35.5. The van der Waals surface area contributed by atoms with Crippen molar-refractivity contribution in [1.82, 2.24) is 4.90 Å². The van der Waals surface area contributed by atoms with Crippen molar-refractivity contribution in [3.05, 3.63) is 58.6 Å². The van der Waals surface area contributed by atoms with Gasteiger partial charge in [0.1, 0.15) is 11.5 Å². The van der Waals surface area contributed by atoms with Gasteiger partial charge in [-0.25, -0.2) is 0 Å². The molecule has 2 aromatic carbocycles. The number of Topliss-reactive ketones (excluding diaryl/α,β-unsaturated/α-hetero) is 1. The van der Waals surface area contributed by atoms with Crippen LogP contribution in [0.2, 0.25) is 5.02 Å². The Morgan fingerprint density at radius 3 is 2.50 bits per heavy atom. The summed E-state index contributed by atoms with van der Waals surface area (Å²) in [5.41, 5.74) is 1.55. The molecule has 1 fully saturated rings. The molecule has 1 aliphatic rings. The van der Waals surface area contributed by atoms with Gasteiger partial charge in [-0.3, -0.25) is 9.59 Å². The molecular weight excluding hydrogens is 378 g/mol. The molecule has 5 nitrogen and oxygen atoms in total. The van der Waals surface area contributed by atoms with Gasteiger partial charge in [0.15, 0.2) is 5.78 Å². The minimum Gasteiger partial charge on any atom is -0.497 e. The fourth-order valence-corrected chi connectivity index (χ4v) is 3.75. The number of carbonyl (C=O) groups is 2. The van der Waals surface area contributed by atoms with Crippen LogP contribution in [0.15, 0.2) is 42.5 Å². The Kier molecular flexibility index (Phi) is 6.57. The lowest BCUT2D eigenvalue weighted by molar-refractivity contribution is -0.132. The van der Waals surface area contributed by atoms with Crippen molar-refractivity contribution in [3.8, 4) is 11.5 Å². The van der Waals surface area contributed by atoms with Gasteiger partial charge in [0.2, 0.25) is 5.91 Å². The largest absolute Gasteiger partial charge is 0.497 e. The van der Waals surface area contributed by atoms with Gasteiger partial charge in [0.25, 0.3) is 0 Å². The fourth-order valence-electron chi connectivity index (χ4n) is 3.63. The zero-order valence-corrected chi connectivity index (χ0v) is 16.9. The number of rotatable bonds is 7. The lowest BCUT2D eigenvalue weighted by atomic mass is 10.0. The molecule has 1 atom stereocenters. The molecule has 1 amide bonds. The number of hydrogen-bond donors (Lipinski definition) is 0. The van der Waals surface area contributed by atoms with Gasteiger partial charge in [-0.05, 0) is 49.2 Å². The van der Waals surface area contributed by atoms with Crippen LogP contribution in [0, 0.1) is 0 Å². The van der Waals surface area contributed by atoms with Crippen molar-refractivity contribution >= 4 is 23.3 Å². The first-order valence-corrected chi connectivity index (χ1v) is 9.71. The van der Waals surface area contributed by atoms with Gasteiger partial charge in [0.05, 0.1) is 20.3 Å². The average molecular weight is 402 g/mol. The second-order valence-electron chi connectivity index (χ2n) is 6.78. The zero-order valence-electron chi connectivity index (χ0n) is 16.1. The van der Waals surface area contributed by atoms with Crippen LogP contribution in [0.3, 0.4) is 0 Å². The molecule has 0 saturated carbocycles. The van der Waals surface area contributed by atoms with Gasteiger partial charge in [0, 0.05) is 41.6 Å². The van der Waals surface area contributed by atoms with E-state index in [0.29, 0.717) is 28.6 Å². The van der Waals surface area contributed by atoms with Crippen molar-refractivity contribution < 1.29 is 19.1 Å². The van der Waals surface area contributed by atoms with E-state index in [9.17, 15) is 9.59 Å². The van der Waals surface area contributed by atoms with Crippen LogP contribution < -0.4 is 9.47 Å². The lowest BCUT2D eigenvalue weighted by Crippen LogP contribution is -2.31. The van der Waals surface area contributed by atoms with E-state index in [0.717, 1.165) is 18.4 Å². The van der Waals surface area contributed by atoms with E-state index in [1.54, 1.807) is 38.5 Å². The lowest BCUT2D eigenvalue weighted by Gasteiger charge is -2.26. The molecule has 3 rings (SSSR count). The Balaban J connectivity index is 1.68. The van der Waals surface area contributed by atoms with Gasteiger partial charge < -0.3 is 14.4 Å². The third kappa shape index (κ3) is 4.47. The number of halogens is 1. The van der Waals surface area contributed by atoms with Gasteiger partial charge in [-0.15, -0.1) is 0 Å². The summed E-state index contributed by atoms with van der Waals surface area (Å²) in [7, 11) is 3.22.